The zero-order chi connectivity index (χ0) is 25.6. The predicted molar refractivity (Wildman–Crippen MR) is 137 cm³/mol. The van der Waals surface area contributed by atoms with Crippen molar-refractivity contribution in [3.63, 3.8) is 0 Å². The third kappa shape index (κ3) is 7.21. The maximum absolute atomic E-state index is 12.8. The molecule has 1 atom stereocenters. The standard InChI is InChI=1S/C25H24Cl2N2O5S/c1-16(21-4-3-5-22(26)24(21)27)28-25(31)29-19-10-12-20(13-11-19)35(32,33)15-18-8-6-17(7-9-18)14-23(30)34-2/h3-13,16H,14-15H2,1-2H3,(H2,28,29,31)/t16-/m0/s1. The van der Waals surface area contributed by atoms with Crippen LogP contribution in [0.4, 0.5) is 10.5 Å². The summed E-state index contributed by atoms with van der Waals surface area (Å²) in [5.41, 5.74) is 2.43. The number of esters is 1. The van der Waals surface area contributed by atoms with E-state index in [1.807, 2.05) is 0 Å². The van der Waals surface area contributed by atoms with Crippen LogP contribution in [0, 0.1) is 0 Å². The lowest BCUT2D eigenvalue weighted by Crippen LogP contribution is -2.31. The fourth-order valence-electron chi connectivity index (χ4n) is 3.34. The molecule has 3 aromatic rings. The third-order valence-corrected chi connectivity index (χ3v) is 7.76. The number of hydrogen-bond donors (Lipinski definition) is 2. The van der Waals surface area contributed by atoms with Gasteiger partial charge < -0.3 is 15.4 Å². The summed E-state index contributed by atoms with van der Waals surface area (Å²) in [6.07, 6.45) is 0.122. The number of sulfone groups is 1. The van der Waals surface area contributed by atoms with Gasteiger partial charge >= 0.3 is 12.0 Å². The van der Waals surface area contributed by atoms with Gasteiger partial charge in [-0.2, -0.15) is 0 Å². The molecule has 3 rings (SSSR count). The van der Waals surface area contributed by atoms with Gasteiger partial charge in [-0.3, -0.25) is 4.79 Å². The highest BCUT2D eigenvalue weighted by Gasteiger charge is 2.17. The van der Waals surface area contributed by atoms with Gasteiger partial charge in [-0.05, 0) is 53.9 Å². The van der Waals surface area contributed by atoms with Gasteiger partial charge in [-0.25, -0.2) is 13.2 Å². The molecule has 0 saturated carbocycles. The fraction of sp³-hybridized carbons (Fsp3) is 0.200. The Hall–Kier alpha value is -3.07. The predicted octanol–water partition coefficient (Wildman–Crippen LogP) is 5.57. The Labute approximate surface area is 214 Å². The first-order chi connectivity index (χ1) is 16.6. The maximum Gasteiger partial charge on any atom is 0.319 e. The molecule has 3 aromatic carbocycles. The van der Waals surface area contributed by atoms with Crippen LogP contribution in [0.2, 0.25) is 10.0 Å². The van der Waals surface area contributed by atoms with E-state index in [0.717, 1.165) is 5.56 Å². The van der Waals surface area contributed by atoms with E-state index in [1.165, 1.54) is 31.4 Å². The second-order valence-electron chi connectivity index (χ2n) is 7.82. The van der Waals surface area contributed by atoms with E-state index in [4.69, 9.17) is 23.2 Å². The van der Waals surface area contributed by atoms with E-state index in [1.54, 1.807) is 49.4 Å². The minimum atomic E-state index is -3.61. The minimum absolute atomic E-state index is 0.122. The average Bonchev–Trinajstić information content (AvgIpc) is 2.82. The van der Waals surface area contributed by atoms with E-state index in [-0.39, 0.29) is 23.0 Å². The van der Waals surface area contributed by atoms with Crippen LogP contribution in [-0.4, -0.2) is 27.5 Å². The van der Waals surface area contributed by atoms with Crippen LogP contribution in [0.3, 0.4) is 0 Å². The van der Waals surface area contributed by atoms with Gasteiger partial charge in [0.25, 0.3) is 0 Å². The summed E-state index contributed by atoms with van der Waals surface area (Å²) in [5, 5.41) is 6.21. The molecular formula is C25H24Cl2N2O5S. The molecule has 0 aliphatic rings. The second kappa shape index (κ2) is 11.6. The highest BCUT2D eigenvalue weighted by molar-refractivity contribution is 7.90. The molecular weight excluding hydrogens is 511 g/mol. The van der Waals surface area contributed by atoms with Gasteiger partial charge in [0.15, 0.2) is 9.84 Å². The number of amides is 2. The van der Waals surface area contributed by atoms with Crippen LogP contribution in [0.5, 0.6) is 0 Å². The number of carbonyl (C=O) groups excluding carboxylic acids is 2. The van der Waals surface area contributed by atoms with Gasteiger partial charge in [-0.15, -0.1) is 0 Å². The number of urea groups is 1. The summed E-state index contributed by atoms with van der Waals surface area (Å²) in [6.45, 7) is 1.77. The lowest BCUT2D eigenvalue weighted by atomic mass is 10.1. The largest absolute Gasteiger partial charge is 0.469 e. The van der Waals surface area contributed by atoms with Crippen molar-refractivity contribution < 1.29 is 22.7 Å². The SMILES string of the molecule is COC(=O)Cc1ccc(CS(=O)(=O)c2ccc(NC(=O)N[C@@H](C)c3cccc(Cl)c3Cl)cc2)cc1. The van der Waals surface area contributed by atoms with Crippen LogP contribution >= 0.6 is 23.2 Å². The van der Waals surface area contributed by atoms with Gasteiger partial charge in [0.1, 0.15) is 0 Å². The Morgan fingerprint density at radius 2 is 1.57 bits per heavy atom. The number of benzene rings is 3. The molecule has 0 aromatic heterocycles. The molecule has 0 saturated heterocycles. The number of carbonyl (C=O) groups is 2. The number of rotatable bonds is 8. The zero-order valence-electron chi connectivity index (χ0n) is 19.0. The minimum Gasteiger partial charge on any atom is -0.469 e. The quantitative estimate of drug-likeness (QED) is 0.368. The molecule has 0 aliphatic carbocycles. The molecule has 0 heterocycles. The summed E-state index contributed by atoms with van der Waals surface area (Å²) in [5.74, 6) is -0.563. The number of ether oxygens (including phenoxy) is 1. The first kappa shape index (κ1) is 26.5. The summed E-state index contributed by atoms with van der Waals surface area (Å²) in [6, 6.07) is 16.9. The Bertz CT molecular complexity index is 1310. The van der Waals surface area contributed by atoms with Crippen LogP contribution in [0.25, 0.3) is 0 Å². The van der Waals surface area contributed by atoms with Crippen LogP contribution in [-0.2, 0) is 31.5 Å². The lowest BCUT2D eigenvalue weighted by Gasteiger charge is -2.17. The number of methoxy groups -OCH3 is 1. The van der Waals surface area contributed by atoms with Crippen LogP contribution in [0.15, 0.2) is 71.6 Å². The van der Waals surface area contributed by atoms with Crippen LogP contribution in [0.1, 0.15) is 29.7 Å². The number of anilines is 1. The van der Waals surface area contributed by atoms with E-state index >= 15 is 0 Å². The van der Waals surface area contributed by atoms with Crippen molar-refractivity contribution in [3.8, 4) is 0 Å². The van der Waals surface area contributed by atoms with Gasteiger partial charge in [0.05, 0.1) is 40.3 Å². The average molecular weight is 535 g/mol. The summed E-state index contributed by atoms with van der Waals surface area (Å²) in [7, 11) is -2.30. The van der Waals surface area contributed by atoms with E-state index < -0.39 is 21.9 Å². The molecule has 0 spiro atoms. The Morgan fingerprint density at radius 3 is 2.20 bits per heavy atom. The van der Waals surface area contributed by atoms with Gasteiger partial charge in [0.2, 0.25) is 0 Å². The first-order valence-electron chi connectivity index (χ1n) is 10.6. The highest BCUT2D eigenvalue weighted by atomic mass is 35.5. The van der Waals surface area contributed by atoms with E-state index in [9.17, 15) is 18.0 Å². The Kier molecular flexibility index (Phi) is 8.77. The molecule has 0 unspecified atom stereocenters. The van der Waals surface area contributed by atoms with Crippen molar-refractivity contribution >= 4 is 50.7 Å². The van der Waals surface area contributed by atoms with Crippen LogP contribution < -0.4 is 10.6 Å². The molecule has 0 fully saturated rings. The molecule has 7 nitrogen and oxygen atoms in total. The molecule has 0 bridgehead atoms. The first-order valence-corrected chi connectivity index (χ1v) is 13.0. The Balaban J connectivity index is 1.60. The maximum atomic E-state index is 12.8. The number of hydrogen-bond acceptors (Lipinski definition) is 5. The number of halogens is 2. The van der Waals surface area contributed by atoms with E-state index in [0.29, 0.717) is 26.9 Å². The third-order valence-electron chi connectivity index (χ3n) is 5.22. The fourth-order valence-corrected chi connectivity index (χ4v) is 5.16. The molecule has 0 radical (unpaired) electrons. The normalized spacial score (nSPS) is 12.0. The van der Waals surface area contributed by atoms with Crippen molar-refractivity contribution in [1.82, 2.24) is 5.32 Å². The zero-order valence-corrected chi connectivity index (χ0v) is 21.4. The van der Waals surface area contributed by atoms with Gasteiger partial charge in [-0.1, -0.05) is 59.6 Å². The Morgan fingerprint density at radius 1 is 0.943 bits per heavy atom. The van der Waals surface area contributed by atoms with Crippen molar-refractivity contribution in [3.05, 3.63) is 93.5 Å². The molecule has 35 heavy (non-hydrogen) atoms. The number of nitrogens with one attached hydrogen (secondary N) is 2. The summed E-state index contributed by atoms with van der Waals surface area (Å²) >= 11 is 12.2. The molecule has 0 aliphatic heterocycles. The molecule has 10 heteroatoms. The molecule has 2 amide bonds. The second-order valence-corrected chi connectivity index (χ2v) is 10.6. The van der Waals surface area contributed by atoms with Gasteiger partial charge in [0, 0.05) is 5.69 Å². The smallest absolute Gasteiger partial charge is 0.319 e. The topological polar surface area (TPSA) is 102 Å². The van der Waals surface area contributed by atoms with Crippen molar-refractivity contribution in [1.29, 1.82) is 0 Å². The summed E-state index contributed by atoms with van der Waals surface area (Å²) in [4.78, 5) is 23.9. The highest BCUT2D eigenvalue weighted by Crippen LogP contribution is 2.29. The molecule has 2 N–H and O–H groups in total. The van der Waals surface area contributed by atoms with Crippen molar-refractivity contribution in [2.75, 3.05) is 12.4 Å². The molecule has 184 valence electrons. The van der Waals surface area contributed by atoms with Crippen molar-refractivity contribution in [2.45, 2.75) is 30.0 Å². The summed E-state index contributed by atoms with van der Waals surface area (Å²) < 4.78 is 30.2. The monoisotopic (exact) mass is 534 g/mol. The van der Waals surface area contributed by atoms with Crippen molar-refractivity contribution in [2.24, 2.45) is 0 Å². The van der Waals surface area contributed by atoms with E-state index in [2.05, 4.69) is 15.4 Å². The lowest BCUT2D eigenvalue weighted by molar-refractivity contribution is -0.139.